The van der Waals surface area contributed by atoms with Crippen molar-refractivity contribution in [3.63, 3.8) is 0 Å². The molecule has 1 atom stereocenters. The van der Waals surface area contributed by atoms with Gasteiger partial charge in [-0.15, -0.1) is 0 Å². The summed E-state index contributed by atoms with van der Waals surface area (Å²) in [6.45, 7) is 1.99. The summed E-state index contributed by atoms with van der Waals surface area (Å²) in [6.07, 6.45) is 3.94. The first-order valence-corrected chi connectivity index (χ1v) is 3.85. The van der Waals surface area contributed by atoms with Crippen LogP contribution in [0.25, 0.3) is 0 Å². The van der Waals surface area contributed by atoms with Crippen LogP contribution in [0.4, 0.5) is 0 Å². The quantitative estimate of drug-likeness (QED) is 0.735. The number of rotatable bonds is 2. The highest BCUT2D eigenvalue weighted by atomic mass is 35.5. The molecular formula is C7H10ClN3. The van der Waals surface area contributed by atoms with Crippen molar-refractivity contribution in [2.45, 2.75) is 19.4 Å². The van der Waals surface area contributed by atoms with Gasteiger partial charge in [-0.05, 0) is 6.42 Å². The fourth-order valence-corrected chi connectivity index (χ4v) is 0.794. The van der Waals surface area contributed by atoms with Gasteiger partial charge in [-0.25, -0.2) is 9.97 Å². The number of nitrogens with two attached hydrogens (primary N) is 1. The van der Waals surface area contributed by atoms with Crippen LogP contribution in [0, 0.1) is 0 Å². The van der Waals surface area contributed by atoms with E-state index < -0.39 is 0 Å². The Morgan fingerprint density at radius 1 is 1.55 bits per heavy atom. The molecule has 0 aromatic carbocycles. The Labute approximate surface area is 70.6 Å². The van der Waals surface area contributed by atoms with Gasteiger partial charge in [0.1, 0.15) is 5.82 Å². The third kappa shape index (κ3) is 2.13. The van der Waals surface area contributed by atoms with E-state index >= 15 is 0 Å². The smallest absolute Gasteiger partial charge is 0.144 e. The number of hydrogen-bond acceptors (Lipinski definition) is 3. The zero-order chi connectivity index (χ0) is 8.27. The lowest BCUT2D eigenvalue weighted by Gasteiger charge is -2.05. The van der Waals surface area contributed by atoms with E-state index in [0.717, 1.165) is 6.42 Å². The monoisotopic (exact) mass is 171 g/mol. The molecule has 11 heavy (non-hydrogen) atoms. The van der Waals surface area contributed by atoms with Gasteiger partial charge in [0.05, 0.1) is 11.1 Å². The highest BCUT2D eigenvalue weighted by Crippen LogP contribution is 2.09. The van der Waals surface area contributed by atoms with E-state index in [0.29, 0.717) is 10.8 Å². The van der Waals surface area contributed by atoms with Crippen LogP contribution < -0.4 is 5.73 Å². The van der Waals surface area contributed by atoms with Crippen molar-refractivity contribution in [3.8, 4) is 0 Å². The van der Waals surface area contributed by atoms with Crippen LogP contribution in [0.15, 0.2) is 12.4 Å². The van der Waals surface area contributed by atoms with Crippen LogP contribution >= 0.6 is 11.6 Å². The second-order valence-corrected chi connectivity index (χ2v) is 2.71. The van der Waals surface area contributed by atoms with Gasteiger partial charge in [0, 0.05) is 12.4 Å². The number of hydrogen-bond donors (Lipinski definition) is 1. The van der Waals surface area contributed by atoms with Crippen molar-refractivity contribution >= 4 is 11.6 Å². The van der Waals surface area contributed by atoms with E-state index in [9.17, 15) is 0 Å². The largest absolute Gasteiger partial charge is 0.321 e. The SMILES string of the molecule is CCC(N)c1ncc(Cl)cn1. The molecule has 1 rings (SSSR count). The lowest BCUT2D eigenvalue weighted by molar-refractivity contribution is 0.648. The van der Waals surface area contributed by atoms with E-state index in [1.54, 1.807) is 12.4 Å². The van der Waals surface area contributed by atoms with Crippen LogP contribution in [0.3, 0.4) is 0 Å². The van der Waals surface area contributed by atoms with Crippen molar-refractivity contribution in [2.24, 2.45) is 5.73 Å². The van der Waals surface area contributed by atoms with Crippen LogP contribution in [-0.2, 0) is 0 Å². The molecule has 0 amide bonds. The van der Waals surface area contributed by atoms with E-state index in [1.807, 2.05) is 6.92 Å². The molecular weight excluding hydrogens is 162 g/mol. The summed E-state index contributed by atoms with van der Waals surface area (Å²) in [6, 6.07) is -0.0766. The van der Waals surface area contributed by atoms with Crippen LogP contribution in [0.5, 0.6) is 0 Å². The summed E-state index contributed by atoms with van der Waals surface area (Å²) in [4.78, 5) is 7.96. The summed E-state index contributed by atoms with van der Waals surface area (Å²) in [7, 11) is 0. The lowest BCUT2D eigenvalue weighted by atomic mass is 10.2. The standard InChI is InChI=1S/C7H10ClN3/c1-2-6(9)7-10-3-5(8)4-11-7/h3-4,6H,2,9H2,1H3. The molecule has 4 heteroatoms. The summed E-state index contributed by atoms with van der Waals surface area (Å²) >= 11 is 5.59. The first kappa shape index (κ1) is 8.43. The molecule has 0 aliphatic rings. The van der Waals surface area contributed by atoms with Crippen molar-refractivity contribution in [3.05, 3.63) is 23.2 Å². The Kier molecular flexibility index (Phi) is 2.79. The van der Waals surface area contributed by atoms with Gasteiger partial charge in [0.25, 0.3) is 0 Å². The molecule has 60 valence electrons. The summed E-state index contributed by atoms with van der Waals surface area (Å²) in [5.41, 5.74) is 5.68. The summed E-state index contributed by atoms with van der Waals surface area (Å²) < 4.78 is 0. The minimum absolute atomic E-state index is 0.0766. The Bertz CT molecular complexity index is 222. The molecule has 0 saturated carbocycles. The van der Waals surface area contributed by atoms with Crippen molar-refractivity contribution in [1.82, 2.24) is 9.97 Å². The Morgan fingerprint density at radius 2 is 2.09 bits per heavy atom. The second-order valence-electron chi connectivity index (χ2n) is 2.27. The molecule has 1 aromatic rings. The van der Waals surface area contributed by atoms with E-state index in [2.05, 4.69) is 9.97 Å². The highest BCUT2D eigenvalue weighted by Gasteiger charge is 2.04. The molecule has 0 spiro atoms. The Balaban J connectivity index is 2.81. The number of nitrogens with zero attached hydrogens (tertiary/aromatic N) is 2. The van der Waals surface area contributed by atoms with E-state index in [-0.39, 0.29) is 6.04 Å². The third-order valence-electron chi connectivity index (χ3n) is 1.41. The minimum Gasteiger partial charge on any atom is -0.321 e. The van der Waals surface area contributed by atoms with Crippen molar-refractivity contribution in [2.75, 3.05) is 0 Å². The van der Waals surface area contributed by atoms with Gasteiger partial charge < -0.3 is 5.73 Å². The average Bonchev–Trinajstić information content (AvgIpc) is 2.05. The molecule has 3 nitrogen and oxygen atoms in total. The summed E-state index contributed by atoms with van der Waals surface area (Å²) in [5, 5.41) is 0.539. The van der Waals surface area contributed by atoms with Gasteiger partial charge in [-0.3, -0.25) is 0 Å². The van der Waals surface area contributed by atoms with Crippen LogP contribution in [0.2, 0.25) is 5.02 Å². The maximum Gasteiger partial charge on any atom is 0.144 e. The third-order valence-corrected chi connectivity index (χ3v) is 1.61. The maximum atomic E-state index is 5.68. The molecule has 2 N–H and O–H groups in total. The van der Waals surface area contributed by atoms with Gasteiger partial charge in [0.15, 0.2) is 0 Å². The maximum absolute atomic E-state index is 5.68. The van der Waals surface area contributed by atoms with E-state index in [4.69, 9.17) is 17.3 Å². The molecule has 0 fully saturated rings. The molecule has 0 saturated heterocycles. The van der Waals surface area contributed by atoms with Crippen molar-refractivity contribution in [1.29, 1.82) is 0 Å². The van der Waals surface area contributed by atoms with Gasteiger partial charge >= 0.3 is 0 Å². The zero-order valence-electron chi connectivity index (χ0n) is 6.29. The molecule has 1 heterocycles. The fourth-order valence-electron chi connectivity index (χ4n) is 0.696. The van der Waals surface area contributed by atoms with Crippen LogP contribution in [0.1, 0.15) is 25.2 Å². The summed E-state index contributed by atoms with van der Waals surface area (Å²) in [5.74, 6) is 0.650. The molecule has 0 aliphatic heterocycles. The first-order chi connectivity index (χ1) is 5.24. The molecule has 0 bridgehead atoms. The zero-order valence-corrected chi connectivity index (χ0v) is 7.04. The first-order valence-electron chi connectivity index (χ1n) is 3.47. The predicted octanol–water partition coefficient (Wildman–Crippen LogP) is 1.54. The Morgan fingerprint density at radius 3 is 2.55 bits per heavy atom. The van der Waals surface area contributed by atoms with Crippen molar-refractivity contribution < 1.29 is 0 Å². The van der Waals surface area contributed by atoms with E-state index in [1.165, 1.54) is 0 Å². The fraction of sp³-hybridized carbons (Fsp3) is 0.429. The highest BCUT2D eigenvalue weighted by molar-refractivity contribution is 6.30. The topological polar surface area (TPSA) is 51.8 Å². The number of halogens is 1. The molecule has 0 aliphatic carbocycles. The number of aromatic nitrogens is 2. The van der Waals surface area contributed by atoms with Gasteiger partial charge in [-0.1, -0.05) is 18.5 Å². The minimum atomic E-state index is -0.0766. The van der Waals surface area contributed by atoms with Gasteiger partial charge in [0.2, 0.25) is 0 Å². The Hall–Kier alpha value is -0.670. The lowest BCUT2D eigenvalue weighted by Crippen LogP contribution is -2.12. The van der Waals surface area contributed by atoms with Gasteiger partial charge in [-0.2, -0.15) is 0 Å². The predicted molar refractivity (Wildman–Crippen MR) is 44.3 cm³/mol. The average molecular weight is 172 g/mol. The molecule has 1 unspecified atom stereocenters. The normalized spacial score (nSPS) is 13.0. The van der Waals surface area contributed by atoms with Crippen LogP contribution in [-0.4, -0.2) is 9.97 Å². The second kappa shape index (κ2) is 3.64. The molecule has 1 aromatic heterocycles. The molecule has 0 radical (unpaired) electrons.